The second-order valence-electron chi connectivity index (χ2n) is 10.0. The lowest BCUT2D eigenvalue weighted by Crippen LogP contribution is -2.39. The first-order valence-electron chi connectivity index (χ1n) is 14.5. The molecule has 1 aromatic heterocycles. The van der Waals surface area contributed by atoms with E-state index in [-0.39, 0.29) is 17.5 Å². The van der Waals surface area contributed by atoms with Crippen LogP contribution in [0.3, 0.4) is 0 Å². The Morgan fingerprint density at radius 3 is 2.22 bits per heavy atom. The van der Waals surface area contributed by atoms with Gasteiger partial charge in [-0.2, -0.15) is 0 Å². The van der Waals surface area contributed by atoms with E-state index in [1.807, 2.05) is 41.3 Å². The van der Waals surface area contributed by atoms with Crippen molar-refractivity contribution in [1.29, 1.82) is 0 Å². The number of hydrogen-bond donors (Lipinski definition) is 0. The summed E-state index contributed by atoms with van der Waals surface area (Å²) in [6.07, 6.45) is 10.9. The van der Waals surface area contributed by atoms with E-state index in [2.05, 4.69) is 39.8 Å². The molecule has 37 heavy (non-hydrogen) atoms. The fourth-order valence-electron chi connectivity index (χ4n) is 5.06. The lowest BCUT2D eigenvalue weighted by molar-refractivity contribution is -0.134. The number of unbranched alkanes of at least 4 members (excludes halogenated alkanes) is 6. The number of amides is 1. The summed E-state index contributed by atoms with van der Waals surface area (Å²) in [5.41, 5.74) is 2.62. The molecule has 1 amide bonds. The van der Waals surface area contributed by atoms with Crippen LogP contribution in [0.2, 0.25) is 0 Å². The maximum atomic E-state index is 13.9. The minimum atomic E-state index is -0.261. The van der Waals surface area contributed by atoms with E-state index in [1.165, 1.54) is 24.8 Å². The number of aromatic nitrogens is 2. The first-order chi connectivity index (χ1) is 18.0. The summed E-state index contributed by atoms with van der Waals surface area (Å²) in [6, 6.07) is 15.4. The number of carbonyl (C=O) groups excluding carboxylic acids is 1. The van der Waals surface area contributed by atoms with Crippen molar-refractivity contribution in [1.82, 2.24) is 14.5 Å². The van der Waals surface area contributed by atoms with Gasteiger partial charge in [-0.05, 0) is 55.5 Å². The highest BCUT2D eigenvalue weighted by atomic mass is 16.2. The van der Waals surface area contributed by atoms with E-state index in [0.717, 1.165) is 44.2 Å². The monoisotopic (exact) mass is 503 g/mol. The molecule has 5 heteroatoms. The fraction of sp³-hybridized carbons (Fsp3) is 0.531. The molecule has 1 heterocycles. The summed E-state index contributed by atoms with van der Waals surface area (Å²) in [5, 5.41) is 0.598. The predicted octanol–water partition coefficient (Wildman–Crippen LogP) is 7.78. The Balaban J connectivity index is 2.07. The molecule has 0 fully saturated rings. The lowest BCUT2D eigenvalue weighted by Gasteiger charge is -2.32. The summed E-state index contributed by atoms with van der Waals surface area (Å²) in [7, 11) is 0. The molecule has 0 N–H and O–H groups in total. The molecule has 0 saturated carbocycles. The third-order valence-corrected chi connectivity index (χ3v) is 7.28. The van der Waals surface area contributed by atoms with Crippen molar-refractivity contribution in [2.75, 3.05) is 6.54 Å². The van der Waals surface area contributed by atoms with Crippen LogP contribution in [-0.2, 0) is 11.2 Å². The summed E-state index contributed by atoms with van der Waals surface area (Å²) in [4.78, 5) is 34.6. The standard InChI is InChI=1S/C32H45N3O2/c1-5-9-11-12-13-19-30(36)34(24-16-10-6-2)29(8-4)31-33-28-18-15-14-17-27(28)32(37)35(31)26-22-20-25(7-3)21-23-26/h14-15,17-18,20-23,29H,5-13,16,19,24H2,1-4H3. The maximum absolute atomic E-state index is 13.9. The molecule has 5 nitrogen and oxygen atoms in total. The minimum absolute atomic E-state index is 0.0798. The zero-order valence-corrected chi connectivity index (χ0v) is 23.3. The molecule has 3 aromatic rings. The van der Waals surface area contributed by atoms with Crippen LogP contribution >= 0.6 is 0 Å². The molecule has 0 radical (unpaired) electrons. The van der Waals surface area contributed by atoms with Crippen molar-refractivity contribution in [2.24, 2.45) is 0 Å². The third-order valence-electron chi connectivity index (χ3n) is 7.28. The molecular weight excluding hydrogens is 458 g/mol. The van der Waals surface area contributed by atoms with Gasteiger partial charge in [-0.15, -0.1) is 0 Å². The zero-order chi connectivity index (χ0) is 26.6. The van der Waals surface area contributed by atoms with Crippen LogP contribution in [0.5, 0.6) is 0 Å². The van der Waals surface area contributed by atoms with Gasteiger partial charge >= 0.3 is 0 Å². The van der Waals surface area contributed by atoms with E-state index in [9.17, 15) is 9.59 Å². The summed E-state index contributed by atoms with van der Waals surface area (Å²) >= 11 is 0. The molecule has 1 atom stereocenters. The number of carbonyl (C=O) groups is 1. The highest BCUT2D eigenvalue weighted by molar-refractivity contribution is 5.79. The Labute approximate surface area is 222 Å². The second-order valence-corrected chi connectivity index (χ2v) is 10.0. The van der Waals surface area contributed by atoms with Gasteiger partial charge in [0.15, 0.2) is 0 Å². The van der Waals surface area contributed by atoms with Gasteiger partial charge in [0.25, 0.3) is 5.56 Å². The zero-order valence-electron chi connectivity index (χ0n) is 23.3. The predicted molar refractivity (Wildman–Crippen MR) is 154 cm³/mol. The smallest absolute Gasteiger partial charge is 0.266 e. The Kier molecular flexibility index (Phi) is 11.4. The summed E-state index contributed by atoms with van der Waals surface area (Å²) in [6.45, 7) is 9.30. The second kappa shape index (κ2) is 14.7. The van der Waals surface area contributed by atoms with E-state index >= 15 is 0 Å². The fourth-order valence-corrected chi connectivity index (χ4v) is 5.06. The Morgan fingerprint density at radius 1 is 0.865 bits per heavy atom. The van der Waals surface area contributed by atoms with Crippen molar-refractivity contribution in [3.8, 4) is 5.69 Å². The van der Waals surface area contributed by atoms with Gasteiger partial charge in [0.2, 0.25) is 5.91 Å². The van der Waals surface area contributed by atoms with Crippen molar-refractivity contribution >= 4 is 16.8 Å². The van der Waals surface area contributed by atoms with Crippen LogP contribution in [-0.4, -0.2) is 26.9 Å². The number of para-hydroxylation sites is 1. The first-order valence-corrected chi connectivity index (χ1v) is 14.5. The van der Waals surface area contributed by atoms with Gasteiger partial charge in [0.05, 0.1) is 22.6 Å². The molecule has 0 aliphatic heterocycles. The van der Waals surface area contributed by atoms with E-state index in [1.54, 1.807) is 4.57 Å². The molecule has 3 rings (SSSR count). The van der Waals surface area contributed by atoms with E-state index in [4.69, 9.17) is 4.98 Å². The SMILES string of the molecule is CCCCCCCC(=O)N(CCCCC)C(CC)c1nc2ccccc2c(=O)n1-c1ccc(CC)cc1. The Morgan fingerprint density at radius 2 is 1.54 bits per heavy atom. The van der Waals surface area contributed by atoms with Gasteiger partial charge in [0.1, 0.15) is 5.82 Å². The molecule has 200 valence electrons. The summed E-state index contributed by atoms with van der Waals surface area (Å²) < 4.78 is 1.75. The van der Waals surface area contributed by atoms with Gasteiger partial charge in [0, 0.05) is 13.0 Å². The number of aryl methyl sites for hydroxylation is 1. The molecule has 0 saturated heterocycles. The number of hydrogen-bond acceptors (Lipinski definition) is 3. The maximum Gasteiger partial charge on any atom is 0.266 e. The largest absolute Gasteiger partial charge is 0.333 e. The van der Waals surface area contributed by atoms with E-state index in [0.29, 0.717) is 36.1 Å². The van der Waals surface area contributed by atoms with Gasteiger partial charge in [-0.25, -0.2) is 4.98 Å². The quantitative estimate of drug-likeness (QED) is 0.199. The molecule has 0 aliphatic rings. The summed E-state index contributed by atoms with van der Waals surface area (Å²) in [5.74, 6) is 0.834. The third kappa shape index (κ3) is 7.30. The van der Waals surface area contributed by atoms with Crippen LogP contribution in [0.25, 0.3) is 16.6 Å². The van der Waals surface area contributed by atoms with Crippen molar-refractivity contribution in [3.63, 3.8) is 0 Å². The van der Waals surface area contributed by atoms with Gasteiger partial charge < -0.3 is 4.90 Å². The average molecular weight is 504 g/mol. The molecule has 2 aromatic carbocycles. The molecule has 0 bridgehead atoms. The highest BCUT2D eigenvalue weighted by Gasteiger charge is 2.28. The van der Waals surface area contributed by atoms with Crippen molar-refractivity contribution in [3.05, 3.63) is 70.3 Å². The lowest BCUT2D eigenvalue weighted by atomic mass is 10.1. The number of rotatable bonds is 15. The van der Waals surface area contributed by atoms with Crippen LogP contribution in [0.1, 0.15) is 109 Å². The average Bonchev–Trinajstić information content (AvgIpc) is 2.92. The van der Waals surface area contributed by atoms with Crippen LogP contribution in [0.4, 0.5) is 0 Å². The number of fused-ring (bicyclic) bond motifs is 1. The number of benzene rings is 2. The van der Waals surface area contributed by atoms with Gasteiger partial charge in [-0.3, -0.25) is 14.2 Å². The molecule has 0 aliphatic carbocycles. The normalized spacial score (nSPS) is 12.1. The molecular formula is C32H45N3O2. The molecule has 1 unspecified atom stereocenters. The first kappa shape index (κ1) is 28.6. The topological polar surface area (TPSA) is 55.2 Å². The van der Waals surface area contributed by atoms with Crippen LogP contribution in [0.15, 0.2) is 53.3 Å². The number of nitrogens with zero attached hydrogens (tertiary/aromatic N) is 3. The van der Waals surface area contributed by atoms with Crippen LogP contribution < -0.4 is 5.56 Å². The van der Waals surface area contributed by atoms with Gasteiger partial charge in [-0.1, -0.05) is 90.5 Å². The molecule has 0 spiro atoms. The minimum Gasteiger partial charge on any atom is -0.333 e. The highest BCUT2D eigenvalue weighted by Crippen LogP contribution is 2.28. The van der Waals surface area contributed by atoms with Crippen molar-refractivity contribution < 1.29 is 4.79 Å². The Hall–Kier alpha value is -2.95. The van der Waals surface area contributed by atoms with Crippen LogP contribution in [0, 0.1) is 0 Å². The van der Waals surface area contributed by atoms with Crippen molar-refractivity contribution in [2.45, 2.75) is 104 Å². The van der Waals surface area contributed by atoms with E-state index < -0.39 is 0 Å². The Bertz CT molecular complexity index is 1180.